The average Bonchev–Trinajstić information content (AvgIpc) is 2.46. The fraction of sp³-hybridized carbons (Fsp3) is 0.133. The third kappa shape index (κ3) is 4.10. The number of benzene rings is 2. The highest BCUT2D eigenvalue weighted by atomic mass is 32.2. The molecule has 0 fully saturated rings. The minimum Gasteiger partial charge on any atom is -0.478 e. The summed E-state index contributed by atoms with van der Waals surface area (Å²) in [4.78, 5) is 10.6. The molecule has 0 saturated heterocycles. The molecule has 2 aromatic carbocycles. The Labute approximate surface area is 130 Å². The van der Waals surface area contributed by atoms with E-state index < -0.39 is 33.3 Å². The molecule has 0 aliphatic heterocycles. The van der Waals surface area contributed by atoms with E-state index in [0.29, 0.717) is 0 Å². The first kappa shape index (κ1) is 17.0. The Hall–Kier alpha value is -2.35. The zero-order valence-electron chi connectivity index (χ0n) is 11.5. The Morgan fingerprint density at radius 3 is 2.17 bits per heavy atom. The normalized spacial score (nSPS) is 12.1. The molecule has 0 bridgehead atoms. The Bertz CT molecular complexity index is 825. The van der Waals surface area contributed by atoms with Gasteiger partial charge in [-0.25, -0.2) is 13.2 Å². The van der Waals surface area contributed by atoms with Gasteiger partial charge in [0, 0.05) is 0 Å². The maximum Gasteiger partial charge on any atom is 0.416 e. The van der Waals surface area contributed by atoms with Crippen molar-refractivity contribution in [2.75, 3.05) is 0 Å². The molecule has 0 aromatic heterocycles. The first-order valence-corrected chi connectivity index (χ1v) is 7.97. The van der Waals surface area contributed by atoms with Crippen molar-refractivity contribution in [1.82, 2.24) is 0 Å². The fourth-order valence-electron chi connectivity index (χ4n) is 1.95. The predicted molar refractivity (Wildman–Crippen MR) is 75.7 cm³/mol. The van der Waals surface area contributed by atoms with Gasteiger partial charge < -0.3 is 5.11 Å². The highest BCUT2D eigenvalue weighted by Gasteiger charge is 2.30. The predicted octanol–water partition coefficient (Wildman–Crippen LogP) is 3.38. The van der Waals surface area contributed by atoms with Gasteiger partial charge in [0.2, 0.25) is 0 Å². The molecule has 122 valence electrons. The van der Waals surface area contributed by atoms with Crippen LogP contribution in [0.2, 0.25) is 0 Å². The summed E-state index contributed by atoms with van der Waals surface area (Å²) in [6.45, 7) is 0. The van der Waals surface area contributed by atoms with E-state index in [0.717, 1.165) is 42.5 Å². The van der Waals surface area contributed by atoms with E-state index in [1.807, 2.05) is 0 Å². The van der Waals surface area contributed by atoms with E-state index >= 15 is 0 Å². The van der Waals surface area contributed by atoms with Crippen LogP contribution in [0.3, 0.4) is 0 Å². The van der Waals surface area contributed by atoms with Gasteiger partial charge in [0.05, 0.1) is 21.8 Å². The van der Waals surface area contributed by atoms with Crippen LogP contribution in [0.25, 0.3) is 0 Å². The van der Waals surface area contributed by atoms with Gasteiger partial charge in [-0.3, -0.25) is 0 Å². The van der Waals surface area contributed by atoms with Crippen LogP contribution in [0, 0.1) is 0 Å². The van der Waals surface area contributed by atoms with Crippen LogP contribution in [-0.4, -0.2) is 19.5 Å². The summed E-state index contributed by atoms with van der Waals surface area (Å²) >= 11 is 0. The summed E-state index contributed by atoms with van der Waals surface area (Å²) in [5, 5.41) is 8.76. The Morgan fingerprint density at radius 1 is 1.04 bits per heavy atom. The minimum atomic E-state index is -4.55. The van der Waals surface area contributed by atoms with E-state index in [9.17, 15) is 26.4 Å². The third-order valence-corrected chi connectivity index (χ3v) is 4.78. The third-order valence-electron chi connectivity index (χ3n) is 3.07. The summed E-state index contributed by atoms with van der Waals surface area (Å²) in [7, 11) is -3.88. The zero-order valence-corrected chi connectivity index (χ0v) is 12.4. The number of halogens is 3. The molecule has 0 aliphatic rings. The summed E-state index contributed by atoms with van der Waals surface area (Å²) in [5.41, 5.74) is -1.00. The average molecular weight is 344 g/mol. The molecule has 0 atom stereocenters. The van der Waals surface area contributed by atoms with Crippen LogP contribution in [-0.2, 0) is 21.8 Å². The van der Waals surface area contributed by atoms with Gasteiger partial charge >= 0.3 is 12.1 Å². The van der Waals surface area contributed by atoms with Crippen LogP contribution in [0.5, 0.6) is 0 Å². The van der Waals surface area contributed by atoms with Crippen molar-refractivity contribution in [3.05, 3.63) is 65.2 Å². The molecule has 0 heterocycles. The number of hydrogen-bond acceptors (Lipinski definition) is 3. The highest BCUT2D eigenvalue weighted by Crippen LogP contribution is 2.30. The molecular formula is C15H11F3O4S. The van der Waals surface area contributed by atoms with Gasteiger partial charge in [0.25, 0.3) is 0 Å². The molecule has 0 unspecified atom stereocenters. The van der Waals surface area contributed by atoms with E-state index in [2.05, 4.69) is 0 Å². The summed E-state index contributed by atoms with van der Waals surface area (Å²) in [6, 6.07) is 8.56. The lowest BCUT2D eigenvalue weighted by Gasteiger charge is -2.09. The summed E-state index contributed by atoms with van der Waals surface area (Å²) in [5.74, 6) is -1.81. The van der Waals surface area contributed by atoms with E-state index in [-0.39, 0.29) is 16.0 Å². The molecule has 1 N–H and O–H groups in total. The van der Waals surface area contributed by atoms with E-state index in [1.165, 1.54) is 6.07 Å². The maximum atomic E-state index is 12.6. The van der Waals surface area contributed by atoms with Gasteiger partial charge in [-0.05, 0) is 35.9 Å². The minimum absolute atomic E-state index is 0.00198. The molecule has 0 radical (unpaired) electrons. The Kier molecular flexibility index (Phi) is 4.46. The van der Waals surface area contributed by atoms with E-state index in [1.54, 1.807) is 0 Å². The number of aromatic carboxylic acids is 1. The van der Waals surface area contributed by atoms with Crippen LogP contribution in [0.4, 0.5) is 13.2 Å². The number of rotatable bonds is 4. The van der Waals surface area contributed by atoms with Gasteiger partial charge in [0.15, 0.2) is 9.84 Å². The van der Waals surface area contributed by atoms with Crippen molar-refractivity contribution in [3.63, 3.8) is 0 Å². The second-order valence-corrected chi connectivity index (χ2v) is 6.78. The van der Waals surface area contributed by atoms with Crippen molar-refractivity contribution < 1.29 is 31.5 Å². The first-order chi connectivity index (χ1) is 10.6. The quantitative estimate of drug-likeness (QED) is 0.923. The Morgan fingerprint density at radius 2 is 1.65 bits per heavy atom. The lowest BCUT2D eigenvalue weighted by atomic mass is 10.1. The van der Waals surface area contributed by atoms with Crippen molar-refractivity contribution in [1.29, 1.82) is 0 Å². The molecule has 0 amide bonds. The molecule has 0 spiro atoms. The molecule has 2 aromatic rings. The van der Waals surface area contributed by atoms with Crippen molar-refractivity contribution >= 4 is 15.8 Å². The lowest BCUT2D eigenvalue weighted by Crippen LogP contribution is -2.09. The number of carboxylic acid groups (broad SMARTS) is 1. The number of alkyl halides is 3. The number of sulfone groups is 1. The molecular weight excluding hydrogens is 333 g/mol. The number of carbonyl (C=O) groups is 1. The standard InChI is InChI=1S/C15H11F3O4S/c16-15(17,18)12-3-1-2-10(8-12)9-23(21,22)13-6-4-11(5-7-13)14(19)20/h1-8H,9H2,(H,19,20). The fourth-order valence-corrected chi connectivity index (χ4v) is 3.28. The lowest BCUT2D eigenvalue weighted by molar-refractivity contribution is -0.137. The van der Waals surface area contributed by atoms with E-state index in [4.69, 9.17) is 5.11 Å². The molecule has 2 rings (SSSR count). The van der Waals surface area contributed by atoms with Gasteiger partial charge in [0.1, 0.15) is 0 Å². The van der Waals surface area contributed by atoms with Crippen molar-refractivity contribution in [2.24, 2.45) is 0 Å². The van der Waals surface area contributed by atoms with Gasteiger partial charge in [-0.15, -0.1) is 0 Å². The van der Waals surface area contributed by atoms with Crippen LogP contribution >= 0.6 is 0 Å². The second-order valence-electron chi connectivity index (χ2n) is 4.79. The smallest absolute Gasteiger partial charge is 0.416 e. The van der Waals surface area contributed by atoms with Crippen LogP contribution in [0.15, 0.2) is 53.4 Å². The van der Waals surface area contributed by atoms with Crippen molar-refractivity contribution in [2.45, 2.75) is 16.8 Å². The number of hydrogen-bond donors (Lipinski definition) is 1. The Balaban J connectivity index is 2.29. The molecule has 0 saturated carbocycles. The summed E-state index contributed by atoms with van der Waals surface area (Å²) < 4.78 is 62.3. The molecule has 4 nitrogen and oxygen atoms in total. The van der Waals surface area contributed by atoms with Crippen LogP contribution < -0.4 is 0 Å². The summed E-state index contributed by atoms with van der Waals surface area (Å²) in [6.07, 6.45) is -4.55. The monoisotopic (exact) mass is 344 g/mol. The van der Waals surface area contributed by atoms with Crippen LogP contribution in [0.1, 0.15) is 21.5 Å². The SMILES string of the molecule is O=C(O)c1ccc(S(=O)(=O)Cc2cccc(C(F)(F)F)c2)cc1. The second kappa shape index (κ2) is 6.04. The molecule has 23 heavy (non-hydrogen) atoms. The largest absolute Gasteiger partial charge is 0.478 e. The van der Waals surface area contributed by atoms with Crippen molar-refractivity contribution in [3.8, 4) is 0 Å². The zero-order chi connectivity index (χ0) is 17.3. The molecule has 8 heteroatoms. The number of carboxylic acids is 1. The maximum absolute atomic E-state index is 12.6. The topological polar surface area (TPSA) is 71.4 Å². The highest BCUT2D eigenvalue weighted by molar-refractivity contribution is 7.90. The molecule has 0 aliphatic carbocycles. The first-order valence-electron chi connectivity index (χ1n) is 6.32. The van der Waals surface area contributed by atoms with Gasteiger partial charge in [-0.1, -0.05) is 18.2 Å². The van der Waals surface area contributed by atoms with Gasteiger partial charge in [-0.2, -0.15) is 13.2 Å².